The molecule has 1 saturated heterocycles. The number of nitrogens with one attached hydrogen (secondary N) is 1. The van der Waals surface area contributed by atoms with E-state index in [1.54, 1.807) is 11.0 Å². The molecule has 112 valence electrons. The van der Waals surface area contributed by atoms with Gasteiger partial charge in [0.15, 0.2) is 11.5 Å². The average Bonchev–Trinajstić information content (AvgIpc) is 3.03. The fourth-order valence-corrected chi connectivity index (χ4v) is 2.05. The molecule has 1 amide bonds. The molecule has 2 aliphatic rings. The molecule has 0 unspecified atom stereocenters. The van der Waals surface area contributed by atoms with Crippen LogP contribution >= 0.6 is 0 Å². The maximum atomic E-state index is 11.9. The Morgan fingerprint density at radius 2 is 1.90 bits per heavy atom. The molecule has 3 rings (SSSR count). The molecule has 21 heavy (non-hydrogen) atoms. The molecular weight excluding hydrogens is 268 g/mol. The summed E-state index contributed by atoms with van der Waals surface area (Å²) in [4.78, 5) is 13.6. The summed E-state index contributed by atoms with van der Waals surface area (Å²) < 4.78 is 10.5. The van der Waals surface area contributed by atoms with Crippen molar-refractivity contribution < 1.29 is 14.3 Å². The Morgan fingerprint density at radius 3 is 2.67 bits per heavy atom. The third kappa shape index (κ3) is 3.89. The van der Waals surface area contributed by atoms with Crippen molar-refractivity contribution in [3.05, 3.63) is 23.8 Å². The number of nitrogens with zero attached hydrogens (tertiary/aromatic N) is 1. The number of rotatable bonds is 0. The van der Waals surface area contributed by atoms with Gasteiger partial charge in [0.2, 0.25) is 6.79 Å². The van der Waals surface area contributed by atoms with Crippen LogP contribution in [0.2, 0.25) is 0 Å². The molecule has 0 bridgehead atoms. The van der Waals surface area contributed by atoms with Gasteiger partial charge in [0, 0.05) is 37.7 Å². The summed E-state index contributed by atoms with van der Waals surface area (Å²) in [5, 5.41) is 3.20. The molecule has 1 aromatic rings. The molecule has 0 atom stereocenters. The summed E-state index contributed by atoms with van der Waals surface area (Å²) in [5.74, 6) is 6.82. The lowest BCUT2D eigenvalue weighted by Gasteiger charge is -2.25. The van der Waals surface area contributed by atoms with E-state index in [0.717, 1.165) is 24.4 Å². The molecule has 2 heterocycles. The van der Waals surface area contributed by atoms with Crippen molar-refractivity contribution in [2.24, 2.45) is 0 Å². The van der Waals surface area contributed by atoms with Gasteiger partial charge in [0.05, 0.1) is 0 Å². The number of fused-ring (bicyclic) bond motifs is 1. The molecule has 0 aromatic heterocycles. The number of carbonyl (C=O) groups is 1. The summed E-state index contributed by atoms with van der Waals surface area (Å²) in [7, 11) is 0. The van der Waals surface area contributed by atoms with Crippen molar-refractivity contribution >= 4 is 5.91 Å². The van der Waals surface area contributed by atoms with Gasteiger partial charge in [-0.05, 0) is 18.2 Å². The van der Waals surface area contributed by atoms with E-state index in [9.17, 15) is 4.79 Å². The number of amides is 1. The normalized spacial score (nSPS) is 15.4. The van der Waals surface area contributed by atoms with Crippen LogP contribution in [0, 0.1) is 11.8 Å². The molecule has 1 fully saturated rings. The van der Waals surface area contributed by atoms with E-state index >= 15 is 0 Å². The smallest absolute Gasteiger partial charge is 0.298 e. The minimum absolute atomic E-state index is 0.126. The van der Waals surface area contributed by atoms with Gasteiger partial charge in [-0.15, -0.1) is 0 Å². The highest BCUT2D eigenvalue weighted by Crippen LogP contribution is 2.32. The zero-order valence-corrected chi connectivity index (χ0v) is 12.4. The van der Waals surface area contributed by atoms with Crippen molar-refractivity contribution in [3.8, 4) is 23.3 Å². The van der Waals surface area contributed by atoms with Gasteiger partial charge in [-0.2, -0.15) is 0 Å². The molecule has 5 nitrogen and oxygen atoms in total. The fourth-order valence-electron chi connectivity index (χ4n) is 2.05. The van der Waals surface area contributed by atoms with Crippen molar-refractivity contribution in [1.82, 2.24) is 10.2 Å². The lowest BCUT2D eigenvalue weighted by Crippen LogP contribution is -2.46. The molecule has 1 aromatic carbocycles. The van der Waals surface area contributed by atoms with Crippen LogP contribution in [-0.2, 0) is 4.79 Å². The van der Waals surface area contributed by atoms with Crippen LogP contribution in [0.4, 0.5) is 0 Å². The van der Waals surface area contributed by atoms with Crippen molar-refractivity contribution in [3.63, 3.8) is 0 Å². The summed E-state index contributed by atoms with van der Waals surface area (Å²) in [6.07, 6.45) is 0. The largest absolute Gasteiger partial charge is 0.454 e. The van der Waals surface area contributed by atoms with Gasteiger partial charge in [-0.1, -0.05) is 19.8 Å². The second kappa shape index (κ2) is 7.55. The molecule has 5 heteroatoms. The van der Waals surface area contributed by atoms with Gasteiger partial charge in [0.25, 0.3) is 5.91 Å². The van der Waals surface area contributed by atoms with Gasteiger partial charge < -0.3 is 19.7 Å². The molecule has 2 aliphatic heterocycles. The molecule has 0 radical (unpaired) electrons. The number of hydrogen-bond acceptors (Lipinski definition) is 4. The molecule has 0 spiro atoms. The molecular formula is C16H20N2O3. The standard InChI is InChI=1S/C14H14N2O3.C2H6/c17-14(16-7-5-15-6-8-16)4-2-11-1-3-12-13(9-11)19-10-18-12;1-2/h1,3,9,15H,5-8,10H2;1-2H3. The Hall–Kier alpha value is -2.19. The van der Waals surface area contributed by atoms with Crippen molar-refractivity contribution in [2.45, 2.75) is 13.8 Å². The summed E-state index contributed by atoms with van der Waals surface area (Å²) in [5.41, 5.74) is 0.757. The van der Waals surface area contributed by atoms with Gasteiger partial charge in [0.1, 0.15) is 0 Å². The quantitative estimate of drug-likeness (QED) is 0.729. The van der Waals surface area contributed by atoms with E-state index < -0.39 is 0 Å². The highest BCUT2D eigenvalue weighted by atomic mass is 16.7. The third-order valence-electron chi connectivity index (χ3n) is 3.09. The van der Waals surface area contributed by atoms with Crippen molar-refractivity contribution in [2.75, 3.05) is 33.0 Å². The van der Waals surface area contributed by atoms with Crippen LogP contribution in [0.25, 0.3) is 0 Å². The highest BCUT2D eigenvalue weighted by molar-refractivity contribution is 5.94. The van der Waals surface area contributed by atoms with Crippen LogP contribution in [0.15, 0.2) is 18.2 Å². The molecule has 0 saturated carbocycles. The van der Waals surface area contributed by atoms with Crippen LogP contribution in [-0.4, -0.2) is 43.8 Å². The van der Waals surface area contributed by atoms with Gasteiger partial charge in [-0.25, -0.2) is 0 Å². The average molecular weight is 288 g/mol. The predicted molar refractivity (Wildman–Crippen MR) is 80.2 cm³/mol. The van der Waals surface area contributed by atoms with Crippen LogP contribution in [0.5, 0.6) is 11.5 Å². The van der Waals surface area contributed by atoms with Gasteiger partial charge in [-0.3, -0.25) is 4.79 Å². The number of carbonyl (C=O) groups excluding carboxylic acids is 1. The lowest BCUT2D eigenvalue weighted by molar-refractivity contribution is -0.125. The maximum Gasteiger partial charge on any atom is 0.298 e. The van der Waals surface area contributed by atoms with Crippen molar-refractivity contribution in [1.29, 1.82) is 0 Å². The monoisotopic (exact) mass is 288 g/mol. The first kappa shape index (κ1) is 15.2. The van der Waals surface area contributed by atoms with E-state index in [1.165, 1.54) is 0 Å². The maximum absolute atomic E-state index is 11.9. The minimum atomic E-state index is -0.126. The Bertz CT molecular complexity index is 554. The first-order valence-corrected chi connectivity index (χ1v) is 7.24. The molecule has 0 aliphatic carbocycles. The van der Waals surface area contributed by atoms with Gasteiger partial charge >= 0.3 is 0 Å². The Kier molecular flexibility index (Phi) is 5.47. The Balaban J connectivity index is 0.000000774. The summed E-state index contributed by atoms with van der Waals surface area (Å²) in [6, 6.07) is 5.42. The van der Waals surface area contributed by atoms with Crippen LogP contribution in [0.3, 0.4) is 0 Å². The van der Waals surface area contributed by atoms with Crippen LogP contribution in [0.1, 0.15) is 19.4 Å². The molecule has 1 N–H and O–H groups in total. The predicted octanol–water partition coefficient (Wildman–Crippen LogP) is 1.22. The number of ether oxygens (including phenoxy) is 2. The van der Waals surface area contributed by atoms with E-state index in [1.807, 2.05) is 26.0 Å². The van der Waals surface area contributed by atoms with E-state index in [4.69, 9.17) is 9.47 Å². The number of piperazine rings is 1. The highest BCUT2D eigenvalue weighted by Gasteiger charge is 2.14. The van der Waals surface area contributed by atoms with E-state index in [2.05, 4.69) is 17.2 Å². The third-order valence-corrected chi connectivity index (χ3v) is 3.09. The number of hydrogen-bond donors (Lipinski definition) is 1. The first-order valence-electron chi connectivity index (χ1n) is 7.24. The van der Waals surface area contributed by atoms with E-state index in [0.29, 0.717) is 18.8 Å². The number of benzene rings is 1. The second-order valence-corrected chi connectivity index (χ2v) is 4.36. The minimum Gasteiger partial charge on any atom is -0.454 e. The lowest BCUT2D eigenvalue weighted by atomic mass is 10.2. The zero-order valence-electron chi connectivity index (χ0n) is 12.4. The summed E-state index contributed by atoms with van der Waals surface area (Å²) in [6.45, 7) is 7.34. The Labute approximate surface area is 125 Å². The zero-order chi connectivity index (χ0) is 15.1. The fraction of sp³-hybridized carbons (Fsp3) is 0.438. The topological polar surface area (TPSA) is 50.8 Å². The Morgan fingerprint density at radius 1 is 1.19 bits per heavy atom. The van der Waals surface area contributed by atoms with E-state index in [-0.39, 0.29) is 12.7 Å². The van der Waals surface area contributed by atoms with Crippen LogP contribution < -0.4 is 14.8 Å². The SMILES string of the molecule is CC.O=C(C#Cc1ccc2c(c1)OCO2)N1CCNCC1. The first-order chi connectivity index (χ1) is 10.3. The summed E-state index contributed by atoms with van der Waals surface area (Å²) >= 11 is 0. The second-order valence-electron chi connectivity index (χ2n) is 4.36.